The number of aliphatic hydroxyl groups is 1. The highest BCUT2D eigenvalue weighted by Gasteiger charge is 2.55. The summed E-state index contributed by atoms with van der Waals surface area (Å²) in [6, 6.07) is 6.94. The van der Waals surface area contributed by atoms with Crippen LogP contribution in [0, 0.1) is 0 Å². The fourth-order valence-electron chi connectivity index (χ4n) is 2.48. The molecule has 0 saturated carbocycles. The number of alkyl halides is 3. The molecule has 13 nitrogen and oxygen atoms in total. The lowest BCUT2D eigenvalue weighted by Gasteiger charge is -2.46. The fraction of sp³-hybridized carbons (Fsp3) is 0.389. The van der Waals surface area contributed by atoms with Crippen LogP contribution in [0.3, 0.4) is 0 Å². The summed E-state index contributed by atoms with van der Waals surface area (Å²) >= 11 is 16.2. The third-order valence-electron chi connectivity index (χ3n) is 3.96. The fourth-order valence-corrected chi connectivity index (χ4v) is 2.65. The number of carboxylic acids is 1. The van der Waals surface area contributed by atoms with Crippen LogP contribution >= 0.6 is 34.8 Å². The zero-order valence-electron chi connectivity index (χ0n) is 16.9. The van der Waals surface area contributed by atoms with Gasteiger partial charge in [-0.25, -0.2) is 19.2 Å². The number of benzene rings is 1. The number of β-lactam (4-membered cyclic amide) rings is 1. The smallest absolute Gasteiger partial charge is 0.478 e. The van der Waals surface area contributed by atoms with E-state index >= 15 is 0 Å². The Morgan fingerprint density at radius 1 is 1.09 bits per heavy atom. The van der Waals surface area contributed by atoms with Crippen molar-refractivity contribution in [2.45, 2.75) is 28.9 Å². The molecule has 1 aliphatic heterocycles. The summed E-state index contributed by atoms with van der Waals surface area (Å²) in [4.78, 5) is 59.0. The molecule has 0 radical (unpaired) electrons. The first-order valence-corrected chi connectivity index (χ1v) is 10.3. The van der Waals surface area contributed by atoms with Crippen molar-refractivity contribution in [1.82, 2.24) is 10.2 Å². The molecule has 1 aromatic carbocycles. The number of alkyl carbamates (subject to hydrolysis) is 1. The Hall–Kier alpha value is -3.00. The van der Waals surface area contributed by atoms with Gasteiger partial charge in [0.25, 0.3) is 5.91 Å². The van der Waals surface area contributed by atoms with Crippen LogP contribution in [0.5, 0.6) is 0 Å². The summed E-state index contributed by atoms with van der Waals surface area (Å²) in [6.45, 7) is -1.88. The van der Waals surface area contributed by atoms with Crippen LogP contribution in [0.4, 0.5) is 9.59 Å². The van der Waals surface area contributed by atoms with E-state index in [0.29, 0.717) is 5.56 Å². The average Bonchev–Trinajstić information content (AvgIpc) is 2.78. The second kappa shape index (κ2) is 11.9. The summed E-state index contributed by atoms with van der Waals surface area (Å²) in [5.41, 5.74) is 0.641. The van der Waals surface area contributed by atoms with Crippen LogP contribution in [-0.2, 0) is 39.9 Å². The van der Waals surface area contributed by atoms with Gasteiger partial charge in [0, 0.05) is 0 Å². The van der Waals surface area contributed by atoms with E-state index in [4.69, 9.17) is 49.4 Å². The molecule has 1 fully saturated rings. The molecule has 0 aliphatic carbocycles. The second-order valence-corrected chi connectivity index (χ2v) is 8.98. The maximum atomic E-state index is 12.3. The molecule has 2 amide bonds. The standard InChI is InChI=1S/C18H17Cl3N2O11/c19-18(20,21)8-33-17(30)32-7-10(24)34-14-11(12(25)23(14)13(26)15(27)28)22-16(29)31-6-9-4-2-1-3-5-9/h1-5,11,13-14,26H,6-8H2,(H,22,29)(H,27,28)/t11-,13?,14-/m1/s1. The molecule has 186 valence electrons. The number of ether oxygens (including phenoxy) is 4. The molecule has 1 unspecified atom stereocenters. The van der Waals surface area contributed by atoms with Crippen LogP contribution in [0.2, 0.25) is 0 Å². The number of rotatable bonds is 9. The molecular weight excluding hydrogens is 527 g/mol. The van der Waals surface area contributed by atoms with E-state index in [2.05, 4.69) is 14.8 Å². The van der Waals surface area contributed by atoms with Gasteiger partial charge in [0.1, 0.15) is 13.2 Å². The summed E-state index contributed by atoms with van der Waals surface area (Å²) in [7, 11) is 0. The number of aliphatic hydroxyl groups excluding tert-OH is 1. The maximum Gasteiger partial charge on any atom is 0.508 e. The highest BCUT2D eigenvalue weighted by Crippen LogP contribution is 2.26. The summed E-state index contributed by atoms with van der Waals surface area (Å²) in [5, 5.41) is 20.8. The molecule has 1 aliphatic rings. The lowest BCUT2D eigenvalue weighted by molar-refractivity contribution is -0.218. The Balaban J connectivity index is 1.94. The summed E-state index contributed by atoms with van der Waals surface area (Å²) < 4.78 is 16.8. The van der Waals surface area contributed by atoms with E-state index in [1.807, 2.05) is 0 Å². The Bertz CT molecular complexity index is 925. The van der Waals surface area contributed by atoms with Crippen molar-refractivity contribution in [3.8, 4) is 0 Å². The van der Waals surface area contributed by atoms with Gasteiger partial charge in [-0.05, 0) is 5.56 Å². The molecule has 1 heterocycles. The number of carbonyl (C=O) groups is 5. The average molecular weight is 544 g/mol. The number of esters is 1. The maximum absolute atomic E-state index is 12.3. The van der Waals surface area contributed by atoms with Crippen molar-refractivity contribution < 1.29 is 53.1 Å². The van der Waals surface area contributed by atoms with Gasteiger partial charge in [0.15, 0.2) is 12.6 Å². The molecule has 0 aromatic heterocycles. The van der Waals surface area contributed by atoms with Crippen LogP contribution in [0.1, 0.15) is 5.56 Å². The van der Waals surface area contributed by atoms with Gasteiger partial charge in [-0.1, -0.05) is 65.1 Å². The Kier molecular flexibility index (Phi) is 9.55. The first-order valence-electron chi connectivity index (χ1n) is 9.15. The number of amides is 2. The summed E-state index contributed by atoms with van der Waals surface area (Å²) in [5.74, 6) is -4.19. The van der Waals surface area contributed by atoms with Gasteiger partial charge >= 0.3 is 24.2 Å². The van der Waals surface area contributed by atoms with E-state index in [1.165, 1.54) is 0 Å². The van der Waals surface area contributed by atoms with Gasteiger partial charge in [0.2, 0.25) is 16.2 Å². The molecule has 0 bridgehead atoms. The van der Waals surface area contributed by atoms with Gasteiger partial charge in [-0.15, -0.1) is 0 Å². The molecule has 3 atom stereocenters. The third-order valence-corrected chi connectivity index (χ3v) is 4.29. The molecule has 16 heteroatoms. The van der Waals surface area contributed by atoms with E-state index in [1.54, 1.807) is 30.3 Å². The van der Waals surface area contributed by atoms with Crippen molar-refractivity contribution >= 4 is 64.9 Å². The molecule has 2 rings (SSSR count). The number of hydrogen-bond acceptors (Lipinski definition) is 10. The number of nitrogens with zero attached hydrogens (tertiary/aromatic N) is 1. The van der Waals surface area contributed by atoms with E-state index in [9.17, 15) is 29.1 Å². The Labute approximate surface area is 206 Å². The van der Waals surface area contributed by atoms with Gasteiger partial charge in [0.05, 0.1) is 0 Å². The Morgan fingerprint density at radius 3 is 2.32 bits per heavy atom. The lowest BCUT2D eigenvalue weighted by atomic mass is 10.0. The minimum Gasteiger partial charge on any atom is -0.478 e. The highest BCUT2D eigenvalue weighted by molar-refractivity contribution is 6.67. The van der Waals surface area contributed by atoms with Crippen molar-refractivity contribution in [1.29, 1.82) is 0 Å². The number of aliphatic carboxylic acids is 1. The molecular formula is C18H17Cl3N2O11. The zero-order chi connectivity index (χ0) is 25.5. The number of likely N-dealkylation sites (tertiary alicyclic amines) is 1. The minimum absolute atomic E-state index is 0.149. The van der Waals surface area contributed by atoms with Crippen LogP contribution < -0.4 is 5.32 Å². The van der Waals surface area contributed by atoms with Crippen LogP contribution in [0.25, 0.3) is 0 Å². The van der Waals surface area contributed by atoms with E-state index in [-0.39, 0.29) is 11.5 Å². The predicted octanol–water partition coefficient (Wildman–Crippen LogP) is 0.919. The van der Waals surface area contributed by atoms with Gasteiger partial charge < -0.3 is 34.5 Å². The SMILES string of the molecule is O=C(COC(=O)OCC(Cl)(Cl)Cl)O[C@@H]1[C@H](NC(=O)OCc2ccccc2)C(=O)N1C(O)C(=O)O. The predicted molar refractivity (Wildman–Crippen MR) is 112 cm³/mol. The second-order valence-electron chi connectivity index (χ2n) is 6.46. The number of carboxylic acid groups (broad SMARTS) is 1. The molecule has 0 spiro atoms. The summed E-state index contributed by atoms with van der Waals surface area (Å²) in [6.07, 6.45) is -6.62. The van der Waals surface area contributed by atoms with Crippen molar-refractivity contribution in [3.05, 3.63) is 35.9 Å². The van der Waals surface area contributed by atoms with Crippen molar-refractivity contribution in [2.24, 2.45) is 0 Å². The zero-order valence-corrected chi connectivity index (χ0v) is 19.2. The Morgan fingerprint density at radius 2 is 1.74 bits per heavy atom. The molecule has 34 heavy (non-hydrogen) atoms. The van der Waals surface area contributed by atoms with Gasteiger partial charge in [-0.2, -0.15) is 0 Å². The number of nitrogens with one attached hydrogen (secondary N) is 1. The quantitative estimate of drug-likeness (QED) is 0.174. The first-order chi connectivity index (χ1) is 15.9. The van der Waals surface area contributed by atoms with E-state index in [0.717, 1.165) is 0 Å². The minimum atomic E-state index is -2.39. The van der Waals surface area contributed by atoms with Crippen LogP contribution in [0.15, 0.2) is 30.3 Å². The molecule has 3 N–H and O–H groups in total. The lowest BCUT2D eigenvalue weighted by Crippen LogP contribution is -2.75. The first kappa shape index (κ1) is 27.2. The topological polar surface area (TPSA) is 178 Å². The monoisotopic (exact) mass is 542 g/mol. The van der Waals surface area contributed by atoms with Crippen molar-refractivity contribution in [3.63, 3.8) is 0 Å². The van der Waals surface area contributed by atoms with Crippen LogP contribution in [-0.4, -0.2) is 80.7 Å². The molecule has 1 aromatic rings. The highest BCUT2D eigenvalue weighted by atomic mass is 35.6. The largest absolute Gasteiger partial charge is 0.508 e. The third kappa shape index (κ3) is 8.09. The number of hydrogen-bond donors (Lipinski definition) is 3. The number of halogens is 3. The van der Waals surface area contributed by atoms with Crippen molar-refractivity contribution in [2.75, 3.05) is 13.2 Å². The van der Waals surface area contributed by atoms with Gasteiger partial charge in [-0.3, -0.25) is 9.69 Å². The number of carbonyl (C=O) groups excluding carboxylic acids is 4. The molecule has 1 saturated heterocycles. The van der Waals surface area contributed by atoms with E-state index < -0.39 is 65.6 Å². The normalized spacial score (nSPS) is 18.2.